The minimum absolute atomic E-state index is 0.217. The van der Waals surface area contributed by atoms with Crippen LogP contribution in [0.15, 0.2) is 24.8 Å². The summed E-state index contributed by atoms with van der Waals surface area (Å²) >= 11 is 0. The molecular weight excluding hydrogens is 231 g/mol. The first kappa shape index (κ1) is 13.3. The van der Waals surface area contributed by atoms with Gasteiger partial charge in [0.05, 0.1) is 0 Å². The van der Waals surface area contributed by atoms with Crippen LogP contribution in [-0.2, 0) is 0 Å². The van der Waals surface area contributed by atoms with Crippen LogP contribution >= 0.6 is 0 Å². The maximum absolute atomic E-state index is 12.9. The molecule has 0 atom stereocenters. The number of nitrogens with zero attached hydrogens (tertiary/aromatic N) is 1. The predicted octanol–water partition coefficient (Wildman–Crippen LogP) is 2.75. The molecule has 1 aromatic carbocycles. The van der Waals surface area contributed by atoms with Gasteiger partial charge < -0.3 is 4.90 Å². The van der Waals surface area contributed by atoms with Gasteiger partial charge in [-0.1, -0.05) is 6.08 Å². The van der Waals surface area contributed by atoms with Crippen molar-refractivity contribution in [2.45, 2.75) is 6.92 Å². The molecule has 0 saturated carbocycles. The Labute approximate surface area is 97.3 Å². The second-order valence-electron chi connectivity index (χ2n) is 3.39. The summed E-state index contributed by atoms with van der Waals surface area (Å²) in [7, 11) is 0. The van der Waals surface area contributed by atoms with Gasteiger partial charge in [0.2, 0.25) is 0 Å². The molecule has 1 rings (SSSR count). The summed E-state index contributed by atoms with van der Waals surface area (Å²) in [5.41, 5.74) is -0.217. The summed E-state index contributed by atoms with van der Waals surface area (Å²) in [4.78, 5) is 13.1. The zero-order valence-corrected chi connectivity index (χ0v) is 9.34. The average molecular weight is 243 g/mol. The van der Waals surface area contributed by atoms with Crippen molar-refractivity contribution in [3.05, 3.63) is 47.8 Å². The lowest BCUT2D eigenvalue weighted by Crippen LogP contribution is -2.31. The van der Waals surface area contributed by atoms with E-state index in [4.69, 9.17) is 0 Å². The van der Waals surface area contributed by atoms with E-state index in [-0.39, 0.29) is 12.1 Å². The van der Waals surface area contributed by atoms with Crippen molar-refractivity contribution in [2.24, 2.45) is 0 Å². The molecular formula is C12H12F3NO. The molecule has 0 aromatic heterocycles. The van der Waals surface area contributed by atoms with E-state index in [2.05, 4.69) is 6.58 Å². The lowest BCUT2D eigenvalue weighted by Gasteiger charge is -2.19. The van der Waals surface area contributed by atoms with Crippen molar-refractivity contribution in [3.63, 3.8) is 0 Å². The Hall–Kier alpha value is -1.78. The first-order valence-corrected chi connectivity index (χ1v) is 5.06. The van der Waals surface area contributed by atoms with Crippen molar-refractivity contribution < 1.29 is 18.0 Å². The number of amides is 1. The smallest absolute Gasteiger partial charge is 0.254 e. The average Bonchev–Trinajstić information content (AvgIpc) is 2.31. The fourth-order valence-electron chi connectivity index (χ4n) is 1.37. The fourth-order valence-corrected chi connectivity index (χ4v) is 1.37. The van der Waals surface area contributed by atoms with E-state index in [1.807, 2.05) is 0 Å². The van der Waals surface area contributed by atoms with Gasteiger partial charge in [0.15, 0.2) is 17.5 Å². The van der Waals surface area contributed by atoms with E-state index < -0.39 is 23.4 Å². The van der Waals surface area contributed by atoms with Crippen LogP contribution in [0.4, 0.5) is 13.2 Å². The Bertz CT molecular complexity index is 422. The van der Waals surface area contributed by atoms with Crippen LogP contribution in [0.5, 0.6) is 0 Å². The molecule has 17 heavy (non-hydrogen) atoms. The van der Waals surface area contributed by atoms with Crippen molar-refractivity contribution in [1.29, 1.82) is 0 Å². The molecule has 0 radical (unpaired) electrons. The van der Waals surface area contributed by atoms with Gasteiger partial charge in [0.1, 0.15) is 0 Å². The predicted molar refractivity (Wildman–Crippen MR) is 58.1 cm³/mol. The highest BCUT2D eigenvalue weighted by molar-refractivity contribution is 5.94. The minimum atomic E-state index is -1.58. The van der Waals surface area contributed by atoms with Gasteiger partial charge in [-0.2, -0.15) is 0 Å². The number of carbonyl (C=O) groups is 1. The molecule has 0 saturated heterocycles. The topological polar surface area (TPSA) is 20.3 Å². The standard InChI is InChI=1S/C12H12F3NO/c1-3-5-16(4-2)12(17)8-6-9(13)11(15)10(14)7-8/h3,6-7H,1,4-5H2,2H3. The molecule has 1 amide bonds. The van der Waals surface area contributed by atoms with Crippen LogP contribution in [0.2, 0.25) is 0 Å². The maximum Gasteiger partial charge on any atom is 0.254 e. The summed E-state index contributed by atoms with van der Waals surface area (Å²) in [5.74, 6) is -4.88. The van der Waals surface area contributed by atoms with Crippen molar-refractivity contribution in [2.75, 3.05) is 13.1 Å². The monoisotopic (exact) mass is 243 g/mol. The number of halogens is 3. The molecule has 0 heterocycles. The number of carbonyl (C=O) groups excluding carboxylic acids is 1. The SMILES string of the molecule is C=CCN(CC)C(=O)c1cc(F)c(F)c(F)c1. The molecule has 5 heteroatoms. The molecule has 2 nitrogen and oxygen atoms in total. The zero-order valence-electron chi connectivity index (χ0n) is 9.34. The van der Waals surface area contributed by atoms with E-state index in [9.17, 15) is 18.0 Å². The fraction of sp³-hybridized carbons (Fsp3) is 0.250. The third-order valence-electron chi connectivity index (χ3n) is 2.25. The number of likely N-dealkylation sites (N-methyl/N-ethyl adjacent to an activating group) is 1. The van der Waals surface area contributed by atoms with Gasteiger partial charge in [-0.25, -0.2) is 13.2 Å². The molecule has 0 N–H and O–H groups in total. The molecule has 0 aliphatic rings. The second-order valence-corrected chi connectivity index (χ2v) is 3.39. The third-order valence-corrected chi connectivity index (χ3v) is 2.25. The quantitative estimate of drug-likeness (QED) is 0.588. The van der Waals surface area contributed by atoms with Crippen molar-refractivity contribution >= 4 is 5.91 Å². The molecule has 0 bridgehead atoms. The molecule has 0 spiro atoms. The van der Waals surface area contributed by atoms with Crippen LogP contribution < -0.4 is 0 Å². The number of benzene rings is 1. The first-order chi connectivity index (χ1) is 8.01. The Morgan fingerprint density at radius 1 is 1.35 bits per heavy atom. The largest absolute Gasteiger partial charge is 0.335 e. The Balaban J connectivity index is 3.07. The molecule has 1 aromatic rings. The van der Waals surface area contributed by atoms with Gasteiger partial charge in [0.25, 0.3) is 5.91 Å². The number of rotatable bonds is 4. The van der Waals surface area contributed by atoms with Gasteiger partial charge >= 0.3 is 0 Å². The summed E-state index contributed by atoms with van der Waals surface area (Å²) < 4.78 is 38.6. The Kier molecular flexibility index (Phi) is 4.31. The van der Waals surface area contributed by atoms with Crippen LogP contribution in [0.3, 0.4) is 0 Å². The number of hydrogen-bond donors (Lipinski definition) is 0. The van der Waals surface area contributed by atoms with Gasteiger partial charge in [-0.3, -0.25) is 4.79 Å². The van der Waals surface area contributed by atoms with Crippen LogP contribution in [0, 0.1) is 17.5 Å². The van der Waals surface area contributed by atoms with Crippen LogP contribution in [-0.4, -0.2) is 23.9 Å². The lowest BCUT2D eigenvalue weighted by molar-refractivity contribution is 0.0781. The van der Waals surface area contributed by atoms with E-state index in [0.717, 1.165) is 0 Å². The first-order valence-electron chi connectivity index (χ1n) is 5.06. The Morgan fingerprint density at radius 3 is 2.29 bits per heavy atom. The molecule has 0 fully saturated rings. The molecule has 0 aliphatic carbocycles. The summed E-state index contributed by atoms with van der Waals surface area (Å²) in [6.45, 7) is 5.82. The van der Waals surface area contributed by atoms with Crippen molar-refractivity contribution in [3.8, 4) is 0 Å². The van der Waals surface area contributed by atoms with Gasteiger partial charge in [-0.05, 0) is 19.1 Å². The van der Waals surface area contributed by atoms with Crippen LogP contribution in [0.1, 0.15) is 17.3 Å². The minimum Gasteiger partial charge on any atom is -0.335 e. The van der Waals surface area contributed by atoms with E-state index in [1.165, 1.54) is 11.0 Å². The maximum atomic E-state index is 12.9. The highest BCUT2D eigenvalue weighted by Crippen LogP contribution is 2.15. The normalized spacial score (nSPS) is 10.1. The number of hydrogen-bond acceptors (Lipinski definition) is 1. The van der Waals surface area contributed by atoms with Gasteiger partial charge in [0, 0.05) is 18.7 Å². The second kappa shape index (κ2) is 5.52. The summed E-state index contributed by atoms with van der Waals surface area (Å²) in [5, 5.41) is 0. The third kappa shape index (κ3) is 2.87. The molecule has 92 valence electrons. The molecule has 0 aliphatic heterocycles. The van der Waals surface area contributed by atoms with E-state index >= 15 is 0 Å². The summed E-state index contributed by atoms with van der Waals surface area (Å²) in [6, 6.07) is 1.37. The zero-order chi connectivity index (χ0) is 13.0. The molecule has 0 unspecified atom stereocenters. The lowest BCUT2D eigenvalue weighted by atomic mass is 10.1. The summed E-state index contributed by atoms with van der Waals surface area (Å²) in [6.07, 6.45) is 1.50. The highest BCUT2D eigenvalue weighted by Gasteiger charge is 2.18. The van der Waals surface area contributed by atoms with Crippen LogP contribution in [0.25, 0.3) is 0 Å². The van der Waals surface area contributed by atoms with E-state index in [0.29, 0.717) is 18.7 Å². The van der Waals surface area contributed by atoms with E-state index in [1.54, 1.807) is 6.92 Å². The van der Waals surface area contributed by atoms with Crippen molar-refractivity contribution in [1.82, 2.24) is 4.90 Å². The highest BCUT2D eigenvalue weighted by atomic mass is 19.2. The Morgan fingerprint density at radius 2 is 1.88 bits per heavy atom. The van der Waals surface area contributed by atoms with Gasteiger partial charge in [-0.15, -0.1) is 6.58 Å².